The Balaban J connectivity index is 3.40. The number of carboxylic acids is 2. The number of carbonyl (C=O) groups excluding carboxylic acids is 1. The van der Waals surface area contributed by atoms with Crippen molar-refractivity contribution in [3.8, 4) is 0 Å². The van der Waals surface area contributed by atoms with Gasteiger partial charge in [-0.3, -0.25) is 4.79 Å². The first kappa shape index (κ1) is 11.6. The van der Waals surface area contributed by atoms with E-state index < -0.39 is 17.7 Å². The van der Waals surface area contributed by atoms with Crippen LogP contribution in [0.15, 0.2) is 24.3 Å². The number of hydrogen-bond acceptors (Lipinski definition) is 3. The Morgan fingerprint density at radius 3 is 1.88 bits per heavy atom. The highest BCUT2D eigenvalue weighted by Gasteiger charge is 2.06. The number of carbonyl (C=O) groups is 3. The zero-order chi connectivity index (χ0) is 12.1. The third-order valence-electron chi connectivity index (χ3n) is 1.77. The lowest BCUT2D eigenvalue weighted by Gasteiger charge is -1.89. The van der Waals surface area contributed by atoms with E-state index in [4.69, 9.17) is 10.2 Å². The first-order valence-electron chi connectivity index (χ1n) is 4.29. The van der Waals surface area contributed by atoms with Crippen molar-refractivity contribution < 1.29 is 24.6 Å². The summed E-state index contributed by atoms with van der Waals surface area (Å²) in [4.78, 5) is 31.7. The zero-order valence-corrected chi connectivity index (χ0v) is 8.08. The molecular formula is C11H8O5. The number of Topliss-reactive ketones (excluding diaryl/α,β-unsaturated/α-hetero) is 1. The van der Waals surface area contributed by atoms with E-state index in [-0.39, 0.29) is 10.4 Å². The number of aliphatic carboxylic acids is 2. The van der Waals surface area contributed by atoms with Gasteiger partial charge in [0.25, 0.3) is 5.78 Å². The Kier molecular flexibility index (Phi) is 3.55. The van der Waals surface area contributed by atoms with Crippen LogP contribution in [-0.4, -0.2) is 27.9 Å². The minimum Gasteiger partial charge on any atom is -0.478 e. The molecule has 0 saturated carbocycles. The lowest BCUT2D eigenvalue weighted by molar-refractivity contribution is -0.146. The molecule has 0 radical (unpaired) electrons. The number of hydrogen-bond donors (Lipinski definition) is 2. The molecule has 16 heavy (non-hydrogen) atoms. The molecule has 0 spiro atoms. The predicted octanol–water partition coefficient (Wildman–Crippen LogP) is -1.01. The minimum atomic E-state index is -1.58. The third-order valence-corrected chi connectivity index (χ3v) is 1.77. The van der Waals surface area contributed by atoms with Crippen molar-refractivity contribution in [2.75, 3.05) is 0 Å². The monoisotopic (exact) mass is 220 g/mol. The van der Waals surface area contributed by atoms with Crippen LogP contribution in [0, 0.1) is 0 Å². The Morgan fingerprint density at radius 2 is 1.44 bits per heavy atom. The smallest absolute Gasteiger partial charge is 0.376 e. The van der Waals surface area contributed by atoms with Crippen molar-refractivity contribution in [3.05, 3.63) is 34.7 Å². The maximum Gasteiger partial charge on any atom is 0.376 e. The molecule has 1 rings (SSSR count). The molecule has 0 aromatic heterocycles. The summed E-state index contributed by atoms with van der Waals surface area (Å²) in [7, 11) is 0. The van der Waals surface area contributed by atoms with Gasteiger partial charge in [0.1, 0.15) is 0 Å². The third kappa shape index (κ3) is 3.06. The highest BCUT2D eigenvalue weighted by atomic mass is 16.4. The first-order chi connectivity index (χ1) is 7.50. The summed E-state index contributed by atoms with van der Waals surface area (Å²) >= 11 is 0. The molecule has 5 nitrogen and oxygen atoms in total. The van der Waals surface area contributed by atoms with Crippen molar-refractivity contribution in [2.24, 2.45) is 0 Å². The number of benzene rings is 1. The average Bonchev–Trinajstić information content (AvgIpc) is 2.20. The fourth-order valence-electron chi connectivity index (χ4n) is 1.11. The SMILES string of the molecule is O=C(O)/C=c1\cccc\c1=C/C(=O)C(=O)O. The molecule has 0 bridgehead atoms. The van der Waals surface area contributed by atoms with Gasteiger partial charge in [-0.25, -0.2) is 9.59 Å². The van der Waals surface area contributed by atoms with Gasteiger partial charge in [0, 0.05) is 12.2 Å². The summed E-state index contributed by atoms with van der Waals surface area (Å²) in [5, 5.41) is 17.5. The Bertz CT molecular complexity index is 556. The molecular weight excluding hydrogens is 212 g/mol. The Hall–Kier alpha value is -2.43. The van der Waals surface area contributed by atoms with Gasteiger partial charge < -0.3 is 10.2 Å². The average molecular weight is 220 g/mol. The van der Waals surface area contributed by atoms with Crippen LogP contribution in [0.4, 0.5) is 0 Å². The number of carboxylic acid groups (broad SMARTS) is 2. The van der Waals surface area contributed by atoms with E-state index in [1.165, 1.54) is 12.1 Å². The second-order valence-corrected chi connectivity index (χ2v) is 2.93. The van der Waals surface area contributed by atoms with Crippen LogP contribution in [0.5, 0.6) is 0 Å². The van der Waals surface area contributed by atoms with Crippen LogP contribution in [0.3, 0.4) is 0 Å². The molecule has 0 unspecified atom stereocenters. The zero-order valence-electron chi connectivity index (χ0n) is 8.08. The Labute approximate surface area is 89.9 Å². The summed E-state index contributed by atoms with van der Waals surface area (Å²) in [6.45, 7) is 0. The summed E-state index contributed by atoms with van der Waals surface area (Å²) < 4.78 is 0. The standard InChI is InChI=1S/C11H8O5/c12-9(11(15)16)5-7-3-1-2-4-8(7)6-10(13)14/h1-6H,(H,13,14)(H,15,16)/b7-5+,8-6+. The molecule has 1 aromatic carbocycles. The van der Waals surface area contributed by atoms with Crippen molar-refractivity contribution in [2.45, 2.75) is 0 Å². The van der Waals surface area contributed by atoms with E-state index in [2.05, 4.69) is 0 Å². The van der Waals surface area contributed by atoms with Crippen LogP contribution in [-0.2, 0) is 14.4 Å². The lowest BCUT2D eigenvalue weighted by Crippen LogP contribution is -2.27. The highest BCUT2D eigenvalue weighted by Crippen LogP contribution is 1.77. The molecule has 1 aromatic rings. The molecule has 0 saturated heterocycles. The molecule has 0 aliphatic heterocycles. The largest absolute Gasteiger partial charge is 0.478 e. The first-order valence-corrected chi connectivity index (χ1v) is 4.29. The molecule has 0 aliphatic rings. The molecule has 0 amide bonds. The van der Waals surface area contributed by atoms with Crippen molar-refractivity contribution >= 4 is 29.9 Å². The summed E-state index contributed by atoms with van der Waals surface area (Å²) in [5.74, 6) is -3.83. The van der Waals surface area contributed by atoms with Crippen LogP contribution < -0.4 is 10.4 Å². The molecule has 0 aliphatic carbocycles. The van der Waals surface area contributed by atoms with Crippen LogP contribution in [0.1, 0.15) is 0 Å². The van der Waals surface area contributed by atoms with Crippen LogP contribution in [0.2, 0.25) is 0 Å². The topological polar surface area (TPSA) is 91.7 Å². The van der Waals surface area contributed by atoms with Crippen molar-refractivity contribution in [3.63, 3.8) is 0 Å². The highest BCUT2D eigenvalue weighted by molar-refractivity contribution is 6.44. The molecule has 0 fully saturated rings. The van der Waals surface area contributed by atoms with Crippen LogP contribution in [0.25, 0.3) is 12.2 Å². The van der Waals surface area contributed by atoms with Gasteiger partial charge in [0.15, 0.2) is 0 Å². The van der Waals surface area contributed by atoms with Crippen molar-refractivity contribution in [1.29, 1.82) is 0 Å². The normalized spacial score (nSPS) is 12.5. The van der Waals surface area contributed by atoms with E-state index >= 15 is 0 Å². The maximum atomic E-state index is 10.9. The quantitative estimate of drug-likeness (QED) is 0.636. The van der Waals surface area contributed by atoms with E-state index in [0.29, 0.717) is 0 Å². The van der Waals surface area contributed by atoms with E-state index in [0.717, 1.165) is 12.2 Å². The van der Waals surface area contributed by atoms with E-state index in [1.54, 1.807) is 12.1 Å². The molecule has 0 atom stereocenters. The molecule has 5 heteroatoms. The number of ketones is 1. The summed E-state index contributed by atoms with van der Waals surface area (Å²) in [6.07, 6.45) is 1.79. The van der Waals surface area contributed by atoms with E-state index in [1.807, 2.05) is 0 Å². The van der Waals surface area contributed by atoms with E-state index in [9.17, 15) is 14.4 Å². The fourth-order valence-corrected chi connectivity index (χ4v) is 1.11. The minimum absolute atomic E-state index is 0.261. The van der Waals surface area contributed by atoms with Gasteiger partial charge in [0.05, 0.1) is 0 Å². The van der Waals surface area contributed by atoms with Crippen LogP contribution >= 0.6 is 0 Å². The lowest BCUT2D eigenvalue weighted by atomic mass is 10.2. The van der Waals surface area contributed by atoms with Gasteiger partial charge >= 0.3 is 11.9 Å². The van der Waals surface area contributed by atoms with Gasteiger partial charge in [-0.05, 0) is 10.4 Å². The predicted molar refractivity (Wildman–Crippen MR) is 54.9 cm³/mol. The van der Waals surface area contributed by atoms with Crippen molar-refractivity contribution in [1.82, 2.24) is 0 Å². The summed E-state index contributed by atoms with van der Waals surface area (Å²) in [5.41, 5.74) is 0. The second-order valence-electron chi connectivity index (χ2n) is 2.93. The number of rotatable bonds is 3. The maximum absolute atomic E-state index is 10.9. The van der Waals surface area contributed by atoms with Gasteiger partial charge in [0.2, 0.25) is 0 Å². The summed E-state index contributed by atoms with van der Waals surface area (Å²) in [6, 6.07) is 6.13. The van der Waals surface area contributed by atoms with Gasteiger partial charge in [-0.1, -0.05) is 24.3 Å². The fraction of sp³-hybridized carbons (Fsp3) is 0. The molecule has 0 heterocycles. The molecule has 82 valence electrons. The Morgan fingerprint density at radius 1 is 0.938 bits per heavy atom. The van der Waals surface area contributed by atoms with Gasteiger partial charge in [-0.2, -0.15) is 0 Å². The van der Waals surface area contributed by atoms with Gasteiger partial charge in [-0.15, -0.1) is 0 Å². The molecule has 2 N–H and O–H groups in total. The second kappa shape index (κ2) is 4.88.